The molecule has 1 atom stereocenters. The minimum atomic E-state index is -4.64. The van der Waals surface area contributed by atoms with Gasteiger partial charge in [-0.1, -0.05) is 63.0 Å². The number of rotatable bonds is 5. The van der Waals surface area contributed by atoms with Crippen molar-refractivity contribution in [1.29, 1.82) is 0 Å². The van der Waals surface area contributed by atoms with Crippen molar-refractivity contribution in [2.24, 2.45) is 17.8 Å². The number of ether oxygens (including phenoxy) is 1. The van der Waals surface area contributed by atoms with E-state index < -0.39 is 6.36 Å². The fraction of sp³-hybridized carbons (Fsp3) is 0.545. The van der Waals surface area contributed by atoms with Gasteiger partial charge in [0.05, 0.1) is 0 Å². The summed E-state index contributed by atoms with van der Waals surface area (Å²) in [5.41, 5.74) is 2.01. The van der Waals surface area contributed by atoms with Crippen molar-refractivity contribution in [1.82, 2.24) is 0 Å². The molecule has 0 heterocycles. The van der Waals surface area contributed by atoms with Gasteiger partial charge in [-0.15, -0.1) is 13.2 Å². The highest BCUT2D eigenvalue weighted by Gasteiger charge is 2.31. The summed E-state index contributed by atoms with van der Waals surface area (Å²) in [5, 5.41) is 0. The molecule has 1 aromatic carbocycles. The largest absolute Gasteiger partial charge is 0.573 e. The molecule has 1 nitrogen and oxygen atoms in total. The van der Waals surface area contributed by atoms with Gasteiger partial charge in [0.15, 0.2) is 0 Å². The fourth-order valence-corrected chi connectivity index (χ4v) is 4.36. The molecule has 3 rings (SSSR count). The Hall–Kier alpha value is -1.71. The highest BCUT2D eigenvalue weighted by Crippen LogP contribution is 2.39. The third kappa shape index (κ3) is 5.15. The van der Waals surface area contributed by atoms with Gasteiger partial charge in [0.25, 0.3) is 0 Å². The molecule has 0 spiro atoms. The predicted octanol–water partition coefficient (Wildman–Crippen LogP) is 7.15. The maximum Gasteiger partial charge on any atom is 0.573 e. The van der Waals surface area contributed by atoms with E-state index in [-0.39, 0.29) is 5.75 Å². The summed E-state index contributed by atoms with van der Waals surface area (Å²) in [6.07, 6.45) is 11.1. The van der Waals surface area contributed by atoms with Gasteiger partial charge in [-0.2, -0.15) is 0 Å². The monoisotopic (exact) mass is 364 g/mol. The van der Waals surface area contributed by atoms with Crippen molar-refractivity contribution in [3.63, 3.8) is 0 Å². The Morgan fingerprint density at radius 2 is 1.73 bits per heavy atom. The van der Waals surface area contributed by atoms with Crippen molar-refractivity contribution in [2.75, 3.05) is 0 Å². The zero-order valence-corrected chi connectivity index (χ0v) is 15.3. The predicted molar refractivity (Wildman–Crippen MR) is 98.7 cm³/mol. The molecule has 2 aliphatic carbocycles. The Morgan fingerprint density at radius 3 is 2.27 bits per heavy atom. The van der Waals surface area contributed by atoms with Crippen LogP contribution in [0.4, 0.5) is 13.2 Å². The van der Waals surface area contributed by atoms with Crippen LogP contribution in [0.3, 0.4) is 0 Å². The minimum Gasteiger partial charge on any atom is -0.406 e. The lowest BCUT2D eigenvalue weighted by molar-refractivity contribution is -0.274. The lowest BCUT2D eigenvalue weighted by Crippen LogP contribution is -2.21. The van der Waals surface area contributed by atoms with Crippen LogP contribution in [-0.4, -0.2) is 6.36 Å². The van der Waals surface area contributed by atoms with E-state index in [0.717, 1.165) is 29.4 Å². The van der Waals surface area contributed by atoms with E-state index in [4.69, 9.17) is 0 Å². The van der Waals surface area contributed by atoms with Crippen LogP contribution in [0, 0.1) is 17.8 Å². The van der Waals surface area contributed by atoms with Crippen molar-refractivity contribution < 1.29 is 17.9 Å². The highest BCUT2D eigenvalue weighted by molar-refractivity contribution is 5.75. The van der Waals surface area contributed by atoms with Crippen molar-refractivity contribution in [2.45, 2.75) is 58.2 Å². The number of hydrogen-bond donors (Lipinski definition) is 0. The summed E-state index contributed by atoms with van der Waals surface area (Å²) in [6.45, 7) is 2.27. The third-order valence-corrected chi connectivity index (χ3v) is 5.75. The van der Waals surface area contributed by atoms with E-state index in [1.165, 1.54) is 50.7 Å². The minimum absolute atomic E-state index is 0.177. The molecule has 0 radical (unpaired) electrons. The zero-order chi connectivity index (χ0) is 18.6. The maximum absolute atomic E-state index is 12.2. The molecule has 142 valence electrons. The number of allylic oxidation sites excluding steroid dienone is 4. The molecule has 4 heteroatoms. The zero-order valence-electron chi connectivity index (χ0n) is 15.3. The topological polar surface area (TPSA) is 9.23 Å². The first-order valence-electron chi connectivity index (χ1n) is 9.69. The summed E-state index contributed by atoms with van der Waals surface area (Å²) in [7, 11) is 0. The highest BCUT2D eigenvalue weighted by atomic mass is 19.4. The lowest BCUT2D eigenvalue weighted by Gasteiger charge is -2.33. The first kappa shape index (κ1) is 19.1. The van der Waals surface area contributed by atoms with Crippen molar-refractivity contribution in [3.05, 3.63) is 48.1 Å². The molecule has 2 aliphatic rings. The van der Waals surface area contributed by atoms with Crippen LogP contribution in [0.25, 0.3) is 5.57 Å². The van der Waals surface area contributed by atoms with Crippen molar-refractivity contribution in [3.8, 4) is 5.75 Å². The van der Waals surface area contributed by atoms with Gasteiger partial charge < -0.3 is 4.74 Å². The smallest absolute Gasteiger partial charge is 0.406 e. The Balaban J connectivity index is 1.54. The Labute approximate surface area is 153 Å². The first-order chi connectivity index (χ1) is 12.4. The van der Waals surface area contributed by atoms with E-state index in [9.17, 15) is 13.2 Å². The van der Waals surface area contributed by atoms with E-state index in [1.54, 1.807) is 12.1 Å². The Kier molecular flexibility index (Phi) is 6.10. The second-order valence-electron chi connectivity index (χ2n) is 7.56. The maximum atomic E-state index is 12.2. The average Bonchev–Trinajstić information content (AvgIpc) is 2.62. The van der Waals surface area contributed by atoms with Gasteiger partial charge in [-0.05, 0) is 60.3 Å². The summed E-state index contributed by atoms with van der Waals surface area (Å²) in [6, 6.07) is 6.12. The summed E-state index contributed by atoms with van der Waals surface area (Å²) < 4.78 is 40.6. The molecule has 1 fully saturated rings. The van der Waals surface area contributed by atoms with Crippen LogP contribution in [0.1, 0.15) is 57.4 Å². The molecule has 1 aromatic rings. The van der Waals surface area contributed by atoms with Gasteiger partial charge in [-0.3, -0.25) is 0 Å². The molecule has 26 heavy (non-hydrogen) atoms. The molecule has 1 unspecified atom stereocenters. The van der Waals surface area contributed by atoms with E-state index in [1.807, 2.05) is 0 Å². The summed E-state index contributed by atoms with van der Waals surface area (Å²) >= 11 is 0. The molecule has 0 aromatic heterocycles. The lowest BCUT2D eigenvalue weighted by atomic mass is 9.72. The molecule has 0 amide bonds. The molecule has 0 aliphatic heterocycles. The third-order valence-electron chi connectivity index (χ3n) is 5.75. The van der Waals surface area contributed by atoms with Crippen LogP contribution in [0.15, 0.2) is 42.5 Å². The molecule has 0 bridgehead atoms. The fourth-order valence-electron chi connectivity index (χ4n) is 4.36. The molecular formula is C22H27F3O. The van der Waals surface area contributed by atoms with Crippen molar-refractivity contribution >= 4 is 5.57 Å². The van der Waals surface area contributed by atoms with Crippen LogP contribution < -0.4 is 4.74 Å². The standard InChI is InChI=1S/C22H27F3O/c1-2-3-16-4-6-17(7-5-16)18-8-10-19(11-9-18)20-12-14-21(15-13-20)26-22(23,24)25/h8,10-18H,2-7,9H2,1H3/t16-,17-,18?. The number of hydrogen-bond acceptors (Lipinski definition) is 1. The van der Waals surface area contributed by atoms with Gasteiger partial charge in [0.2, 0.25) is 0 Å². The molecular weight excluding hydrogens is 337 g/mol. The normalized spacial score (nSPS) is 26.5. The van der Waals surface area contributed by atoms with E-state index >= 15 is 0 Å². The van der Waals surface area contributed by atoms with Crippen LogP contribution in [0.5, 0.6) is 5.75 Å². The molecule has 0 saturated heterocycles. The quantitative estimate of drug-likeness (QED) is 0.539. The van der Waals surface area contributed by atoms with Crippen LogP contribution >= 0.6 is 0 Å². The number of halogens is 3. The Morgan fingerprint density at radius 1 is 1.04 bits per heavy atom. The van der Waals surface area contributed by atoms with Gasteiger partial charge in [0, 0.05) is 0 Å². The number of benzene rings is 1. The molecule has 1 saturated carbocycles. The summed E-state index contributed by atoms with van der Waals surface area (Å²) in [4.78, 5) is 0. The second-order valence-corrected chi connectivity index (χ2v) is 7.56. The number of alkyl halides is 3. The van der Waals surface area contributed by atoms with Crippen LogP contribution in [0.2, 0.25) is 0 Å². The average molecular weight is 364 g/mol. The van der Waals surface area contributed by atoms with Gasteiger partial charge in [-0.25, -0.2) is 0 Å². The van der Waals surface area contributed by atoms with Crippen LogP contribution in [-0.2, 0) is 0 Å². The van der Waals surface area contributed by atoms with E-state index in [0.29, 0.717) is 5.92 Å². The summed E-state index contributed by atoms with van der Waals surface area (Å²) in [5.74, 6) is 2.13. The molecule has 0 N–H and O–H groups in total. The Bertz CT molecular complexity index is 634. The van der Waals surface area contributed by atoms with E-state index in [2.05, 4.69) is 29.9 Å². The second kappa shape index (κ2) is 8.32. The van der Waals surface area contributed by atoms with Gasteiger partial charge in [0.1, 0.15) is 5.75 Å². The first-order valence-corrected chi connectivity index (χ1v) is 9.69. The SMILES string of the molecule is CCC[C@H]1CC[C@H](C2C=CC(c3ccc(OC(F)(F)F)cc3)=CC2)CC1. The van der Waals surface area contributed by atoms with Gasteiger partial charge >= 0.3 is 6.36 Å².